The van der Waals surface area contributed by atoms with Gasteiger partial charge in [-0.25, -0.2) is 4.79 Å². The van der Waals surface area contributed by atoms with Crippen molar-refractivity contribution in [3.05, 3.63) is 34.9 Å². The van der Waals surface area contributed by atoms with E-state index in [1.54, 1.807) is 11.8 Å². The number of amides is 1. The van der Waals surface area contributed by atoms with Crippen LogP contribution in [0.25, 0.3) is 0 Å². The lowest BCUT2D eigenvalue weighted by Gasteiger charge is -2.30. The second kappa shape index (κ2) is 12.0. The molecule has 0 saturated heterocycles. The summed E-state index contributed by atoms with van der Waals surface area (Å²) >= 11 is 1.62. The zero-order valence-corrected chi connectivity index (χ0v) is 18.2. The molecule has 6 heteroatoms. The van der Waals surface area contributed by atoms with Gasteiger partial charge in [-0.2, -0.15) is 11.8 Å². The Kier molecular flexibility index (Phi) is 9.68. The molecule has 28 heavy (non-hydrogen) atoms. The van der Waals surface area contributed by atoms with Crippen LogP contribution >= 0.6 is 11.8 Å². The zero-order chi connectivity index (χ0) is 20.4. The van der Waals surface area contributed by atoms with Gasteiger partial charge in [-0.05, 0) is 56.9 Å². The van der Waals surface area contributed by atoms with Crippen molar-refractivity contribution >= 4 is 23.6 Å². The minimum absolute atomic E-state index is 0.0826. The third kappa shape index (κ3) is 6.43. The number of aryl methyl sites for hydroxylation is 2. The van der Waals surface area contributed by atoms with Crippen LogP contribution < -0.4 is 0 Å². The molecule has 0 N–H and O–H groups in total. The summed E-state index contributed by atoms with van der Waals surface area (Å²) in [5.41, 5.74) is 1.56. The highest BCUT2D eigenvalue weighted by Gasteiger charge is 2.27. The van der Waals surface area contributed by atoms with E-state index in [2.05, 4.69) is 13.8 Å². The fourth-order valence-electron chi connectivity index (χ4n) is 3.46. The Labute approximate surface area is 172 Å². The quantitative estimate of drug-likeness (QED) is 0.496. The van der Waals surface area contributed by atoms with Crippen LogP contribution in [0.2, 0.25) is 0 Å². The number of hydrogen-bond acceptors (Lipinski definition) is 5. The minimum Gasteiger partial charge on any atom is -0.466 e. The summed E-state index contributed by atoms with van der Waals surface area (Å²) in [4.78, 5) is 27.2. The van der Waals surface area contributed by atoms with Crippen molar-refractivity contribution in [1.29, 1.82) is 0 Å². The molecule has 0 fully saturated rings. The van der Waals surface area contributed by atoms with Crippen LogP contribution in [0.5, 0.6) is 0 Å². The number of nitrogens with zero attached hydrogens (tertiary/aromatic N) is 1. The molecule has 1 aromatic heterocycles. The van der Waals surface area contributed by atoms with E-state index in [4.69, 9.17) is 9.15 Å². The first-order valence-corrected chi connectivity index (χ1v) is 11.6. The van der Waals surface area contributed by atoms with Gasteiger partial charge in [0.25, 0.3) is 0 Å². The molecule has 1 aliphatic carbocycles. The van der Waals surface area contributed by atoms with Crippen molar-refractivity contribution in [2.75, 3.05) is 24.7 Å². The lowest BCUT2D eigenvalue weighted by Crippen LogP contribution is -2.36. The van der Waals surface area contributed by atoms with Crippen molar-refractivity contribution < 1.29 is 18.7 Å². The molecule has 0 unspecified atom stereocenters. The van der Waals surface area contributed by atoms with E-state index in [-0.39, 0.29) is 11.9 Å². The van der Waals surface area contributed by atoms with Gasteiger partial charge in [-0.3, -0.25) is 4.79 Å². The standard InChI is InChI=1S/C22H33NO4S/c1-4-17-13-14-18(27-17)10-9-15-23(21(24)16-28-6-3)20-12-8-7-11-19(20)22(25)26-5-2/h13-14H,4-12,15-16H2,1-3H3. The molecule has 1 aromatic rings. The number of carbonyl (C=O) groups excluding carboxylic acids is 2. The molecular formula is C22H33NO4S. The van der Waals surface area contributed by atoms with Crippen molar-refractivity contribution in [2.45, 2.75) is 65.7 Å². The van der Waals surface area contributed by atoms with Crippen LogP contribution in [0.1, 0.15) is 64.4 Å². The molecule has 2 rings (SSSR count). The molecule has 0 aliphatic heterocycles. The summed E-state index contributed by atoms with van der Waals surface area (Å²) in [6, 6.07) is 4.03. The Hall–Kier alpha value is -1.69. The first-order chi connectivity index (χ1) is 13.6. The monoisotopic (exact) mass is 407 g/mol. The maximum absolute atomic E-state index is 12.9. The number of hydrogen-bond donors (Lipinski definition) is 0. The van der Waals surface area contributed by atoms with Gasteiger partial charge in [0.15, 0.2) is 0 Å². The van der Waals surface area contributed by atoms with E-state index in [1.807, 2.05) is 24.0 Å². The van der Waals surface area contributed by atoms with E-state index in [9.17, 15) is 9.59 Å². The van der Waals surface area contributed by atoms with Gasteiger partial charge >= 0.3 is 5.97 Å². The number of rotatable bonds is 11. The summed E-state index contributed by atoms with van der Waals surface area (Å²) in [5.74, 6) is 3.10. The first-order valence-electron chi connectivity index (χ1n) is 10.4. The van der Waals surface area contributed by atoms with Gasteiger partial charge in [0.2, 0.25) is 5.91 Å². The molecule has 0 aromatic carbocycles. The molecule has 0 radical (unpaired) electrons. The van der Waals surface area contributed by atoms with E-state index in [0.29, 0.717) is 30.9 Å². The molecule has 0 spiro atoms. The smallest absolute Gasteiger partial charge is 0.335 e. The van der Waals surface area contributed by atoms with Crippen LogP contribution in [0.4, 0.5) is 0 Å². The predicted molar refractivity (Wildman–Crippen MR) is 113 cm³/mol. The first kappa shape index (κ1) is 22.6. The normalized spacial score (nSPS) is 14.2. The third-order valence-corrected chi connectivity index (χ3v) is 5.75. The van der Waals surface area contributed by atoms with Crippen LogP contribution in [0.3, 0.4) is 0 Å². The molecule has 5 nitrogen and oxygen atoms in total. The zero-order valence-electron chi connectivity index (χ0n) is 17.4. The average Bonchev–Trinajstić information content (AvgIpc) is 3.17. The van der Waals surface area contributed by atoms with E-state index >= 15 is 0 Å². The highest BCUT2D eigenvalue weighted by Crippen LogP contribution is 2.29. The summed E-state index contributed by atoms with van der Waals surface area (Å²) in [6.45, 7) is 6.89. The SMILES string of the molecule is CCOC(=O)C1=C(N(CCCc2ccc(CC)o2)C(=O)CSCC)CCCC1. The Balaban J connectivity index is 2.14. The van der Waals surface area contributed by atoms with Gasteiger partial charge < -0.3 is 14.1 Å². The second-order valence-corrected chi connectivity index (χ2v) is 8.13. The Bertz CT molecular complexity index is 680. The van der Waals surface area contributed by atoms with Gasteiger partial charge in [-0.1, -0.05) is 13.8 Å². The summed E-state index contributed by atoms with van der Waals surface area (Å²) < 4.78 is 11.0. The Morgan fingerprint density at radius 3 is 2.57 bits per heavy atom. The number of ether oxygens (including phenoxy) is 1. The van der Waals surface area contributed by atoms with Gasteiger partial charge in [0.05, 0.1) is 17.9 Å². The number of carbonyl (C=O) groups is 2. The van der Waals surface area contributed by atoms with Crippen LogP contribution in [-0.4, -0.2) is 41.4 Å². The topological polar surface area (TPSA) is 59.8 Å². The highest BCUT2D eigenvalue weighted by molar-refractivity contribution is 7.99. The van der Waals surface area contributed by atoms with Crippen LogP contribution in [0, 0.1) is 0 Å². The minimum atomic E-state index is -0.267. The molecule has 0 saturated carbocycles. The number of furan rings is 1. The van der Waals surface area contributed by atoms with Gasteiger partial charge in [-0.15, -0.1) is 0 Å². The van der Waals surface area contributed by atoms with Crippen LogP contribution in [-0.2, 0) is 27.2 Å². The lowest BCUT2D eigenvalue weighted by atomic mass is 9.95. The van der Waals surface area contributed by atoms with Crippen molar-refractivity contribution in [3.63, 3.8) is 0 Å². The maximum Gasteiger partial charge on any atom is 0.335 e. The maximum atomic E-state index is 12.9. The molecule has 1 heterocycles. The predicted octanol–water partition coefficient (Wildman–Crippen LogP) is 4.75. The number of esters is 1. The largest absolute Gasteiger partial charge is 0.466 e. The van der Waals surface area contributed by atoms with Crippen molar-refractivity contribution in [1.82, 2.24) is 4.90 Å². The second-order valence-electron chi connectivity index (χ2n) is 6.86. The fraction of sp³-hybridized carbons (Fsp3) is 0.636. The third-order valence-electron chi connectivity index (χ3n) is 4.89. The Morgan fingerprint density at radius 1 is 1.14 bits per heavy atom. The number of allylic oxidation sites excluding steroid dienone is 1. The van der Waals surface area contributed by atoms with Gasteiger partial charge in [0.1, 0.15) is 11.5 Å². The average molecular weight is 408 g/mol. The van der Waals surface area contributed by atoms with Crippen molar-refractivity contribution in [3.8, 4) is 0 Å². The van der Waals surface area contributed by atoms with Gasteiger partial charge in [0, 0.05) is 25.1 Å². The molecule has 0 bridgehead atoms. The van der Waals surface area contributed by atoms with Crippen LogP contribution in [0.15, 0.2) is 27.8 Å². The molecule has 0 atom stereocenters. The molecular weight excluding hydrogens is 374 g/mol. The Morgan fingerprint density at radius 2 is 1.89 bits per heavy atom. The van der Waals surface area contributed by atoms with E-state index in [1.165, 1.54) is 0 Å². The number of thioether (sulfide) groups is 1. The lowest BCUT2D eigenvalue weighted by molar-refractivity contribution is -0.139. The molecule has 1 amide bonds. The molecule has 1 aliphatic rings. The van der Waals surface area contributed by atoms with E-state index < -0.39 is 0 Å². The van der Waals surface area contributed by atoms with E-state index in [0.717, 1.165) is 61.5 Å². The molecule has 156 valence electrons. The summed E-state index contributed by atoms with van der Waals surface area (Å²) in [7, 11) is 0. The highest BCUT2D eigenvalue weighted by atomic mass is 32.2. The summed E-state index contributed by atoms with van der Waals surface area (Å²) in [5, 5.41) is 0. The van der Waals surface area contributed by atoms with Crippen molar-refractivity contribution in [2.24, 2.45) is 0 Å². The fourth-order valence-corrected chi connectivity index (χ4v) is 4.00. The summed E-state index contributed by atoms with van der Waals surface area (Å²) in [6.07, 6.45) is 5.89.